The SMILES string of the molecule is Nc1cccc(C2CCC(O)C2)n1. The number of hydrogen-bond acceptors (Lipinski definition) is 3. The Bertz CT molecular complexity index is 301. The molecule has 2 rings (SSSR count). The first-order valence-corrected chi connectivity index (χ1v) is 4.66. The number of aromatic nitrogens is 1. The van der Waals surface area contributed by atoms with Gasteiger partial charge in [-0.25, -0.2) is 4.98 Å². The smallest absolute Gasteiger partial charge is 0.123 e. The lowest BCUT2D eigenvalue weighted by Gasteiger charge is -2.08. The molecular weight excluding hydrogens is 164 g/mol. The molecule has 0 bridgehead atoms. The molecule has 1 aromatic heterocycles. The van der Waals surface area contributed by atoms with Crippen LogP contribution in [0.25, 0.3) is 0 Å². The van der Waals surface area contributed by atoms with E-state index in [0.29, 0.717) is 11.7 Å². The van der Waals surface area contributed by atoms with Crippen molar-refractivity contribution < 1.29 is 5.11 Å². The number of hydrogen-bond donors (Lipinski definition) is 2. The lowest BCUT2D eigenvalue weighted by molar-refractivity contribution is 0.181. The van der Waals surface area contributed by atoms with Crippen molar-refractivity contribution in [2.45, 2.75) is 31.3 Å². The van der Waals surface area contributed by atoms with Gasteiger partial charge in [-0.15, -0.1) is 0 Å². The highest BCUT2D eigenvalue weighted by molar-refractivity contribution is 5.30. The summed E-state index contributed by atoms with van der Waals surface area (Å²) in [6.07, 6.45) is 2.60. The van der Waals surface area contributed by atoms with Crippen molar-refractivity contribution in [1.82, 2.24) is 4.98 Å². The van der Waals surface area contributed by atoms with E-state index in [1.54, 1.807) is 6.07 Å². The molecule has 13 heavy (non-hydrogen) atoms. The normalized spacial score (nSPS) is 27.8. The molecule has 1 heterocycles. The minimum atomic E-state index is -0.145. The Balaban J connectivity index is 2.16. The lowest BCUT2D eigenvalue weighted by atomic mass is 10.0. The first kappa shape index (κ1) is 8.51. The fraction of sp³-hybridized carbons (Fsp3) is 0.500. The van der Waals surface area contributed by atoms with Crippen LogP contribution in [0.4, 0.5) is 5.82 Å². The molecule has 1 aliphatic carbocycles. The summed E-state index contributed by atoms with van der Waals surface area (Å²) in [5.74, 6) is 0.970. The number of anilines is 1. The number of nitrogens with two attached hydrogens (primary N) is 1. The van der Waals surface area contributed by atoms with E-state index in [9.17, 15) is 5.11 Å². The maximum atomic E-state index is 9.37. The van der Waals surface area contributed by atoms with Crippen LogP contribution in [0.2, 0.25) is 0 Å². The average Bonchev–Trinajstić information content (AvgIpc) is 2.52. The highest BCUT2D eigenvalue weighted by atomic mass is 16.3. The molecule has 0 amide bonds. The van der Waals surface area contributed by atoms with Crippen LogP contribution in [0.1, 0.15) is 30.9 Å². The maximum absolute atomic E-state index is 9.37. The van der Waals surface area contributed by atoms with Crippen molar-refractivity contribution in [2.24, 2.45) is 0 Å². The second kappa shape index (κ2) is 3.34. The van der Waals surface area contributed by atoms with Crippen LogP contribution in [0.3, 0.4) is 0 Å². The Morgan fingerprint density at radius 3 is 2.85 bits per heavy atom. The molecule has 70 valence electrons. The number of pyridine rings is 1. The van der Waals surface area contributed by atoms with Gasteiger partial charge in [0.2, 0.25) is 0 Å². The highest BCUT2D eigenvalue weighted by Crippen LogP contribution is 2.33. The van der Waals surface area contributed by atoms with E-state index in [0.717, 1.165) is 25.0 Å². The third kappa shape index (κ3) is 1.80. The van der Waals surface area contributed by atoms with Gasteiger partial charge in [0.1, 0.15) is 5.82 Å². The number of aliphatic hydroxyl groups excluding tert-OH is 1. The Morgan fingerprint density at radius 2 is 2.23 bits per heavy atom. The molecule has 0 aromatic carbocycles. The highest BCUT2D eigenvalue weighted by Gasteiger charge is 2.24. The second-order valence-corrected chi connectivity index (χ2v) is 3.65. The summed E-state index contributed by atoms with van der Waals surface area (Å²) in [6, 6.07) is 5.69. The summed E-state index contributed by atoms with van der Waals surface area (Å²) in [4.78, 5) is 4.26. The average molecular weight is 178 g/mol. The topological polar surface area (TPSA) is 59.1 Å². The molecule has 3 N–H and O–H groups in total. The fourth-order valence-corrected chi connectivity index (χ4v) is 1.92. The van der Waals surface area contributed by atoms with E-state index in [1.165, 1.54) is 0 Å². The Kier molecular flexibility index (Phi) is 2.19. The van der Waals surface area contributed by atoms with Crippen LogP contribution < -0.4 is 5.73 Å². The van der Waals surface area contributed by atoms with Crippen LogP contribution in [0, 0.1) is 0 Å². The van der Waals surface area contributed by atoms with E-state index >= 15 is 0 Å². The molecule has 1 aromatic rings. The third-order valence-electron chi connectivity index (χ3n) is 2.62. The van der Waals surface area contributed by atoms with E-state index in [-0.39, 0.29) is 6.10 Å². The predicted molar refractivity (Wildman–Crippen MR) is 51.2 cm³/mol. The third-order valence-corrected chi connectivity index (χ3v) is 2.62. The zero-order valence-electron chi connectivity index (χ0n) is 7.48. The Hall–Kier alpha value is -1.09. The van der Waals surface area contributed by atoms with Crippen LogP contribution in [0.15, 0.2) is 18.2 Å². The van der Waals surface area contributed by atoms with Gasteiger partial charge in [-0.3, -0.25) is 0 Å². The zero-order valence-corrected chi connectivity index (χ0v) is 7.48. The van der Waals surface area contributed by atoms with Crippen LogP contribution >= 0.6 is 0 Å². The van der Waals surface area contributed by atoms with Crippen molar-refractivity contribution in [3.63, 3.8) is 0 Å². The van der Waals surface area contributed by atoms with Gasteiger partial charge in [0.05, 0.1) is 6.10 Å². The quantitative estimate of drug-likeness (QED) is 0.681. The largest absolute Gasteiger partial charge is 0.393 e. The number of nitrogen functional groups attached to an aromatic ring is 1. The molecule has 1 fully saturated rings. The molecule has 2 unspecified atom stereocenters. The molecule has 1 aliphatic rings. The van der Waals surface area contributed by atoms with Gasteiger partial charge in [0, 0.05) is 11.6 Å². The molecule has 1 saturated carbocycles. The summed E-state index contributed by atoms with van der Waals surface area (Å²) in [5, 5.41) is 9.37. The van der Waals surface area contributed by atoms with E-state index < -0.39 is 0 Å². The molecule has 0 spiro atoms. The summed E-state index contributed by atoms with van der Waals surface area (Å²) >= 11 is 0. The fourth-order valence-electron chi connectivity index (χ4n) is 1.92. The summed E-state index contributed by atoms with van der Waals surface area (Å²) in [6.45, 7) is 0. The first-order chi connectivity index (χ1) is 6.25. The van der Waals surface area contributed by atoms with Gasteiger partial charge in [0.25, 0.3) is 0 Å². The van der Waals surface area contributed by atoms with Gasteiger partial charge in [-0.05, 0) is 31.4 Å². The molecule has 0 aliphatic heterocycles. The van der Waals surface area contributed by atoms with Crippen molar-refractivity contribution in [2.75, 3.05) is 5.73 Å². The monoisotopic (exact) mass is 178 g/mol. The van der Waals surface area contributed by atoms with Gasteiger partial charge < -0.3 is 10.8 Å². The van der Waals surface area contributed by atoms with Gasteiger partial charge in [-0.1, -0.05) is 6.07 Å². The summed E-state index contributed by atoms with van der Waals surface area (Å²) < 4.78 is 0. The van der Waals surface area contributed by atoms with Crippen molar-refractivity contribution in [3.8, 4) is 0 Å². The van der Waals surface area contributed by atoms with E-state index in [1.807, 2.05) is 12.1 Å². The molecule has 3 nitrogen and oxygen atoms in total. The van der Waals surface area contributed by atoms with Crippen molar-refractivity contribution in [1.29, 1.82) is 0 Å². The number of aliphatic hydroxyl groups is 1. The minimum Gasteiger partial charge on any atom is -0.393 e. The van der Waals surface area contributed by atoms with Gasteiger partial charge in [-0.2, -0.15) is 0 Å². The Labute approximate surface area is 77.6 Å². The minimum absolute atomic E-state index is 0.145. The molecule has 2 atom stereocenters. The van der Waals surface area contributed by atoms with E-state index in [2.05, 4.69) is 4.98 Å². The van der Waals surface area contributed by atoms with Crippen LogP contribution in [0.5, 0.6) is 0 Å². The van der Waals surface area contributed by atoms with Gasteiger partial charge >= 0.3 is 0 Å². The molecule has 3 heteroatoms. The molecule has 0 radical (unpaired) electrons. The van der Waals surface area contributed by atoms with E-state index in [4.69, 9.17) is 5.73 Å². The predicted octanol–water partition coefficient (Wildman–Crippen LogP) is 1.29. The van der Waals surface area contributed by atoms with Crippen LogP contribution in [-0.2, 0) is 0 Å². The van der Waals surface area contributed by atoms with Crippen molar-refractivity contribution >= 4 is 5.82 Å². The van der Waals surface area contributed by atoms with Crippen molar-refractivity contribution in [3.05, 3.63) is 23.9 Å². The van der Waals surface area contributed by atoms with Crippen LogP contribution in [-0.4, -0.2) is 16.2 Å². The summed E-state index contributed by atoms with van der Waals surface area (Å²) in [7, 11) is 0. The standard InChI is InChI=1S/C10H14N2O/c11-10-3-1-2-9(12-10)7-4-5-8(13)6-7/h1-3,7-8,13H,4-6H2,(H2,11,12). The second-order valence-electron chi connectivity index (χ2n) is 3.65. The summed E-state index contributed by atoms with van der Waals surface area (Å²) in [5.41, 5.74) is 6.61. The van der Waals surface area contributed by atoms with Gasteiger partial charge in [0.15, 0.2) is 0 Å². The number of nitrogens with zero attached hydrogens (tertiary/aromatic N) is 1. The maximum Gasteiger partial charge on any atom is 0.123 e. The zero-order chi connectivity index (χ0) is 9.26. The first-order valence-electron chi connectivity index (χ1n) is 4.66. The number of rotatable bonds is 1. The molecule has 0 saturated heterocycles. The lowest BCUT2D eigenvalue weighted by Crippen LogP contribution is -2.02. The Morgan fingerprint density at radius 1 is 1.38 bits per heavy atom. The molecular formula is C10H14N2O.